The number of aliphatic hydroxyl groups excluding tert-OH is 2. The molecule has 8 nitrogen and oxygen atoms in total. The first-order chi connectivity index (χ1) is 12.8. The summed E-state index contributed by atoms with van der Waals surface area (Å²) in [6.45, 7) is 1.52. The average Bonchev–Trinajstić information content (AvgIpc) is 3.19. The number of nitrogens with zero attached hydrogens (tertiary/aromatic N) is 3. The number of halogens is 1. The van der Waals surface area contributed by atoms with E-state index >= 15 is 0 Å². The van der Waals surface area contributed by atoms with Crippen molar-refractivity contribution in [2.24, 2.45) is 0 Å². The Kier molecular flexibility index (Phi) is 4.32. The first kappa shape index (κ1) is 18.1. The monoisotopic (exact) mass is 390 g/mol. The second-order valence-electron chi connectivity index (χ2n) is 6.80. The molecule has 0 spiro atoms. The van der Waals surface area contributed by atoms with E-state index < -0.39 is 30.1 Å². The number of nitrogens with two attached hydrogens (primary N) is 1. The Balaban J connectivity index is 1.70. The van der Waals surface area contributed by atoms with Crippen molar-refractivity contribution in [2.45, 2.75) is 37.1 Å². The van der Waals surface area contributed by atoms with E-state index in [1.807, 2.05) is 0 Å². The molecule has 0 saturated carbocycles. The quantitative estimate of drug-likeness (QED) is 0.529. The Morgan fingerprint density at radius 2 is 1.85 bits per heavy atom. The number of ether oxygens (including phenoxy) is 1. The minimum atomic E-state index is -1.56. The molecular weight excluding hydrogens is 372 g/mol. The van der Waals surface area contributed by atoms with Crippen LogP contribution in [0.5, 0.6) is 0 Å². The zero-order valence-corrected chi connectivity index (χ0v) is 15.2. The summed E-state index contributed by atoms with van der Waals surface area (Å²) in [6, 6.07) is 8.28. The van der Waals surface area contributed by atoms with E-state index in [2.05, 4.69) is 9.97 Å². The fraction of sp³-hybridized carbons (Fsp3) is 0.333. The number of hydrogen-bond donors (Lipinski definition) is 4. The van der Waals surface area contributed by atoms with Crippen LogP contribution in [0.1, 0.15) is 18.7 Å². The Hall–Kier alpha value is -2.23. The highest BCUT2D eigenvalue weighted by atomic mass is 35.5. The van der Waals surface area contributed by atoms with Crippen molar-refractivity contribution in [3.05, 3.63) is 53.4 Å². The number of nitrogen functional groups attached to an aromatic ring is 1. The third kappa shape index (κ3) is 2.86. The van der Waals surface area contributed by atoms with Crippen molar-refractivity contribution in [3.63, 3.8) is 0 Å². The van der Waals surface area contributed by atoms with Crippen LogP contribution >= 0.6 is 11.6 Å². The highest BCUT2D eigenvalue weighted by Crippen LogP contribution is 2.40. The lowest BCUT2D eigenvalue weighted by Crippen LogP contribution is -2.45. The second kappa shape index (κ2) is 6.43. The summed E-state index contributed by atoms with van der Waals surface area (Å²) in [7, 11) is 0. The Labute approximate surface area is 159 Å². The number of aromatic nitrogens is 3. The fourth-order valence-electron chi connectivity index (χ4n) is 3.50. The molecule has 1 unspecified atom stereocenters. The summed E-state index contributed by atoms with van der Waals surface area (Å²) in [5, 5.41) is 33.3. The first-order valence-corrected chi connectivity index (χ1v) is 8.75. The van der Waals surface area contributed by atoms with Crippen LogP contribution in [0, 0.1) is 0 Å². The molecule has 0 radical (unpaired) electrons. The van der Waals surface area contributed by atoms with Gasteiger partial charge in [-0.25, -0.2) is 9.97 Å². The largest absolute Gasteiger partial charge is 0.387 e. The topological polar surface area (TPSA) is 127 Å². The van der Waals surface area contributed by atoms with E-state index in [0.29, 0.717) is 27.4 Å². The van der Waals surface area contributed by atoms with Crippen molar-refractivity contribution in [3.8, 4) is 0 Å². The minimum absolute atomic E-state index is 0.302. The molecular formula is C18H19ClN4O4. The molecule has 3 aromatic rings. The van der Waals surface area contributed by atoms with Gasteiger partial charge in [-0.2, -0.15) is 0 Å². The van der Waals surface area contributed by atoms with Gasteiger partial charge in [0.05, 0.1) is 5.39 Å². The van der Waals surface area contributed by atoms with Gasteiger partial charge in [0, 0.05) is 11.2 Å². The van der Waals surface area contributed by atoms with Crippen molar-refractivity contribution >= 4 is 28.5 Å². The molecule has 9 heteroatoms. The molecule has 5 atom stereocenters. The maximum Gasteiger partial charge on any atom is 0.164 e. The molecule has 1 fully saturated rings. The van der Waals surface area contributed by atoms with E-state index in [1.54, 1.807) is 41.1 Å². The van der Waals surface area contributed by atoms with Gasteiger partial charge in [0.2, 0.25) is 0 Å². The number of hydrogen-bond acceptors (Lipinski definition) is 7. The normalized spacial score (nSPS) is 27.7. The summed E-state index contributed by atoms with van der Waals surface area (Å²) < 4.78 is 7.48. The van der Waals surface area contributed by atoms with Gasteiger partial charge in [0.25, 0.3) is 0 Å². The van der Waals surface area contributed by atoms with Crippen LogP contribution in [-0.2, 0) is 10.3 Å². The minimum Gasteiger partial charge on any atom is -0.387 e. The zero-order valence-electron chi connectivity index (χ0n) is 14.4. The van der Waals surface area contributed by atoms with Crippen molar-refractivity contribution < 1.29 is 20.1 Å². The Morgan fingerprint density at radius 1 is 1.15 bits per heavy atom. The van der Waals surface area contributed by atoms with Gasteiger partial charge in [0.1, 0.15) is 41.7 Å². The molecule has 0 aliphatic carbocycles. The lowest BCUT2D eigenvalue weighted by Gasteiger charge is -2.32. The molecule has 0 bridgehead atoms. The van der Waals surface area contributed by atoms with Crippen LogP contribution in [0.15, 0.2) is 42.9 Å². The van der Waals surface area contributed by atoms with Crippen molar-refractivity contribution in [1.82, 2.24) is 14.5 Å². The number of rotatable bonds is 3. The van der Waals surface area contributed by atoms with Gasteiger partial charge in [-0.3, -0.25) is 0 Å². The van der Waals surface area contributed by atoms with E-state index in [-0.39, 0.29) is 0 Å². The number of benzene rings is 1. The molecule has 2 aromatic heterocycles. The molecule has 5 N–H and O–H groups in total. The van der Waals surface area contributed by atoms with Crippen LogP contribution in [0.25, 0.3) is 11.0 Å². The highest BCUT2D eigenvalue weighted by molar-refractivity contribution is 6.30. The third-order valence-corrected chi connectivity index (χ3v) is 5.29. The van der Waals surface area contributed by atoms with Crippen LogP contribution < -0.4 is 5.73 Å². The molecule has 4 rings (SSSR count). The number of fused-ring (bicyclic) bond motifs is 1. The lowest BCUT2D eigenvalue weighted by atomic mass is 9.87. The Bertz CT molecular complexity index is 975. The summed E-state index contributed by atoms with van der Waals surface area (Å²) in [4.78, 5) is 8.12. The standard InChI is InChI=1S/C18H19ClN4O4/c1-18(26,9-2-4-10(19)5-3-9)14-12(24)13(25)17(27-14)23-7-6-11-15(20)21-8-22-16(11)23/h2-8,12-14,17,24-26H,1H3,(H2,20,21,22)/t12-,13+,14?,17+,18+/m0/s1. The van der Waals surface area contributed by atoms with Gasteiger partial charge >= 0.3 is 0 Å². The van der Waals surface area contributed by atoms with E-state index in [1.165, 1.54) is 13.3 Å². The maximum absolute atomic E-state index is 11.0. The smallest absolute Gasteiger partial charge is 0.164 e. The SMILES string of the molecule is C[C@@](O)(c1ccc(Cl)cc1)C1O[C@@H](n2ccc3c(N)ncnc32)[C@H](O)[C@@H]1O. The van der Waals surface area contributed by atoms with E-state index in [0.717, 1.165) is 0 Å². The van der Waals surface area contributed by atoms with Crippen LogP contribution in [0.2, 0.25) is 5.02 Å². The molecule has 3 heterocycles. The molecule has 0 amide bonds. The number of aliphatic hydroxyl groups is 3. The fourth-order valence-corrected chi connectivity index (χ4v) is 3.63. The molecule has 1 saturated heterocycles. The second-order valence-corrected chi connectivity index (χ2v) is 7.24. The van der Waals surface area contributed by atoms with E-state index in [4.69, 9.17) is 22.1 Å². The van der Waals surface area contributed by atoms with Crippen LogP contribution in [-0.4, -0.2) is 48.2 Å². The van der Waals surface area contributed by atoms with Crippen LogP contribution in [0.3, 0.4) is 0 Å². The molecule has 142 valence electrons. The molecule has 1 aromatic carbocycles. The summed E-state index contributed by atoms with van der Waals surface area (Å²) in [6.07, 6.45) is -1.66. The summed E-state index contributed by atoms with van der Waals surface area (Å²) in [5.74, 6) is 0.302. The van der Waals surface area contributed by atoms with E-state index in [9.17, 15) is 15.3 Å². The lowest BCUT2D eigenvalue weighted by molar-refractivity contribution is -0.135. The van der Waals surface area contributed by atoms with Gasteiger partial charge in [-0.15, -0.1) is 0 Å². The van der Waals surface area contributed by atoms with Gasteiger partial charge in [0.15, 0.2) is 6.23 Å². The predicted molar refractivity (Wildman–Crippen MR) is 98.9 cm³/mol. The van der Waals surface area contributed by atoms with Crippen molar-refractivity contribution in [1.29, 1.82) is 0 Å². The van der Waals surface area contributed by atoms with Crippen LogP contribution in [0.4, 0.5) is 5.82 Å². The molecule has 1 aliphatic heterocycles. The third-order valence-electron chi connectivity index (χ3n) is 5.04. The molecule has 1 aliphatic rings. The number of anilines is 1. The first-order valence-electron chi connectivity index (χ1n) is 8.37. The van der Waals surface area contributed by atoms with Gasteiger partial charge in [-0.1, -0.05) is 23.7 Å². The maximum atomic E-state index is 11.0. The predicted octanol–water partition coefficient (Wildman–Crippen LogP) is 1.19. The Morgan fingerprint density at radius 3 is 2.56 bits per heavy atom. The highest BCUT2D eigenvalue weighted by Gasteiger charge is 2.52. The summed E-state index contributed by atoms with van der Waals surface area (Å²) in [5.41, 5.74) is 5.26. The average molecular weight is 391 g/mol. The van der Waals surface area contributed by atoms with Gasteiger partial charge in [-0.05, 0) is 30.7 Å². The van der Waals surface area contributed by atoms with Crippen molar-refractivity contribution in [2.75, 3.05) is 5.73 Å². The zero-order chi connectivity index (χ0) is 19.3. The molecule has 27 heavy (non-hydrogen) atoms. The summed E-state index contributed by atoms with van der Waals surface area (Å²) >= 11 is 5.90. The van der Waals surface area contributed by atoms with Gasteiger partial charge < -0.3 is 30.4 Å².